The highest BCUT2D eigenvalue weighted by Crippen LogP contribution is 2.15. The van der Waals surface area contributed by atoms with Crippen molar-refractivity contribution in [1.29, 1.82) is 0 Å². The summed E-state index contributed by atoms with van der Waals surface area (Å²) in [5, 5.41) is 3.42. The van der Waals surface area contributed by atoms with Gasteiger partial charge in [0.25, 0.3) is 0 Å². The number of anilines is 1. The Hall–Kier alpha value is -2.29. The first kappa shape index (κ1) is 15.1. The first-order valence-corrected chi connectivity index (χ1v) is 7.19. The fraction of sp³-hybridized carbons (Fsp3) is 0.278. The van der Waals surface area contributed by atoms with Crippen molar-refractivity contribution in [3.8, 4) is 0 Å². The van der Waals surface area contributed by atoms with Crippen molar-refractivity contribution in [1.82, 2.24) is 0 Å². The standard InChI is InChI=1S/C18H21NO2/c1-3-14-7-6-10-17(11-14)19-13-16-9-5-4-8-15(16)12-18(20)21-2/h4-11,19H,3,12-13H2,1-2H3. The number of aryl methyl sites for hydroxylation is 1. The molecule has 0 heterocycles. The Morgan fingerprint density at radius 1 is 1.10 bits per heavy atom. The molecule has 0 aliphatic rings. The van der Waals surface area contributed by atoms with Gasteiger partial charge in [0.1, 0.15) is 0 Å². The van der Waals surface area contributed by atoms with Crippen LogP contribution in [0.25, 0.3) is 0 Å². The number of carbonyl (C=O) groups is 1. The zero-order chi connectivity index (χ0) is 15.1. The van der Waals surface area contributed by atoms with Crippen molar-refractivity contribution >= 4 is 11.7 Å². The van der Waals surface area contributed by atoms with E-state index in [1.165, 1.54) is 12.7 Å². The van der Waals surface area contributed by atoms with Gasteiger partial charge in [0.05, 0.1) is 13.5 Å². The molecule has 0 bridgehead atoms. The van der Waals surface area contributed by atoms with E-state index in [0.29, 0.717) is 13.0 Å². The summed E-state index contributed by atoms with van der Waals surface area (Å²) >= 11 is 0. The molecule has 0 amide bonds. The molecular weight excluding hydrogens is 262 g/mol. The smallest absolute Gasteiger partial charge is 0.309 e. The summed E-state index contributed by atoms with van der Waals surface area (Å²) in [4.78, 5) is 11.4. The minimum atomic E-state index is -0.213. The molecule has 0 aliphatic carbocycles. The molecule has 0 radical (unpaired) electrons. The van der Waals surface area contributed by atoms with Gasteiger partial charge in [-0.2, -0.15) is 0 Å². The van der Waals surface area contributed by atoms with Crippen LogP contribution in [0, 0.1) is 0 Å². The maximum Gasteiger partial charge on any atom is 0.309 e. The Morgan fingerprint density at radius 3 is 2.57 bits per heavy atom. The number of carbonyl (C=O) groups excluding carboxylic acids is 1. The van der Waals surface area contributed by atoms with E-state index in [4.69, 9.17) is 4.74 Å². The van der Waals surface area contributed by atoms with Crippen LogP contribution >= 0.6 is 0 Å². The third-order valence-electron chi connectivity index (χ3n) is 3.50. The van der Waals surface area contributed by atoms with E-state index in [0.717, 1.165) is 23.2 Å². The summed E-state index contributed by atoms with van der Waals surface area (Å²) in [6.45, 7) is 2.84. The normalized spacial score (nSPS) is 10.2. The highest BCUT2D eigenvalue weighted by molar-refractivity contribution is 5.72. The van der Waals surface area contributed by atoms with E-state index in [1.54, 1.807) is 0 Å². The van der Waals surface area contributed by atoms with Crippen LogP contribution in [0.3, 0.4) is 0 Å². The Bertz CT molecular complexity index is 608. The lowest BCUT2D eigenvalue weighted by molar-refractivity contribution is -0.139. The lowest BCUT2D eigenvalue weighted by Crippen LogP contribution is -2.09. The largest absolute Gasteiger partial charge is 0.469 e. The predicted octanol–water partition coefficient (Wildman–Crippen LogP) is 3.58. The van der Waals surface area contributed by atoms with Crippen LogP contribution in [0.5, 0.6) is 0 Å². The summed E-state index contributed by atoms with van der Waals surface area (Å²) in [7, 11) is 1.42. The summed E-state index contributed by atoms with van der Waals surface area (Å²) in [6.07, 6.45) is 1.33. The minimum Gasteiger partial charge on any atom is -0.469 e. The van der Waals surface area contributed by atoms with Gasteiger partial charge in [-0.3, -0.25) is 4.79 Å². The van der Waals surface area contributed by atoms with Gasteiger partial charge in [0.2, 0.25) is 0 Å². The number of methoxy groups -OCH3 is 1. The van der Waals surface area contributed by atoms with E-state index in [1.807, 2.05) is 24.3 Å². The van der Waals surface area contributed by atoms with Gasteiger partial charge < -0.3 is 10.1 Å². The molecule has 0 saturated carbocycles. The number of esters is 1. The average Bonchev–Trinajstić information content (AvgIpc) is 2.54. The monoisotopic (exact) mass is 283 g/mol. The maximum absolute atomic E-state index is 11.4. The van der Waals surface area contributed by atoms with E-state index >= 15 is 0 Å². The number of rotatable bonds is 6. The van der Waals surface area contributed by atoms with Crippen LogP contribution in [0.15, 0.2) is 48.5 Å². The molecule has 3 nitrogen and oxygen atoms in total. The number of nitrogens with one attached hydrogen (secondary N) is 1. The molecule has 0 atom stereocenters. The molecule has 3 heteroatoms. The molecule has 0 unspecified atom stereocenters. The van der Waals surface area contributed by atoms with Crippen LogP contribution in [-0.2, 0) is 28.9 Å². The summed E-state index contributed by atoms with van der Waals surface area (Å²) < 4.78 is 4.74. The van der Waals surface area contributed by atoms with Gasteiger partial charge in [-0.25, -0.2) is 0 Å². The predicted molar refractivity (Wildman–Crippen MR) is 85.3 cm³/mol. The van der Waals surface area contributed by atoms with Crippen LogP contribution in [0.4, 0.5) is 5.69 Å². The van der Waals surface area contributed by atoms with Crippen molar-refractivity contribution in [3.63, 3.8) is 0 Å². The first-order valence-electron chi connectivity index (χ1n) is 7.19. The fourth-order valence-electron chi connectivity index (χ4n) is 2.23. The maximum atomic E-state index is 11.4. The van der Waals surface area contributed by atoms with Crippen molar-refractivity contribution < 1.29 is 9.53 Å². The molecule has 1 N–H and O–H groups in total. The third-order valence-corrected chi connectivity index (χ3v) is 3.50. The van der Waals surface area contributed by atoms with Gasteiger partial charge in [0, 0.05) is 12.2 Å². The molecule has 0 fully saturated rings. The van der Waals surface area contributed by atoms with Crippen LogP contribution in [0.2, 0.25) is 0 Å². The number of hydrogen-bond donors (Lipinski definition) is 1. The Labute approximate surface area is 126 Å². The van der Waals surface area contributed by atoms with E-state index < -0.39 is 0 Å². The van der Waals surface area contributed by atoms with Crippen molar-refractivity contribution in [2.45, 2.75) is 26.3 Å². The molecule has 110 valence electrons. The molecule has 2 aromatic rings. The molecular formula is C18H21NO2. The topological polar surface area (TPSA) is 38.3 Å². The second kappa shape index (κ2) is 7.48. The molecule has 0 aromatic heterocycles. The lowest BCUT2D eigenvalue weighted by atomic mass is 10.0. The van der Waals surface area contributed by atoms with Crippen LogP contribution in [0.1, 0.15) is 23.6 Å². The van der Waals surface area contributed by atoms with Gasteiger partial charge >= 0.3 is 5.97 Å². The van der Waals surface area contributed by atoms with Gasteiger partial charge in [-0.1, -0.05) is 43.3 Å². The molecule has 0 saturated heterocycles. The molecule has 21 heavy (non-hydrogen) atoms. The zero-order valence-electron chi connectivity index (χ0n) is 12.6. The Balaban J connectivity index is 2.07. The van der Waals surface area contributed by atoms with Gasteiger partial charge in [0.15, 0.2) is 0 Å². The van der Waals surface area contributed by atoms with Crippen LogP contribution in [-0.4, -0.2) is 13.1 Å². The van der Waals surface area contributed by atoms with Crippen molar-refractivity contribution in [2.24, 2.45) is 0 Å². The zero-order valence-corrected chi connectivity index (χ0v) is 12.6. The quantitative estimate of drug-likeness (QED) is 0.824. The first-order chi connectivity index (χ1) is 10.2. The van der Waals surface area contributed by atoms with Gasteiger partial charge in [-0.15, -0.1) is 0 Å². The second-order valence-electron chi connectivity index (χ2n) is 4.93. The molecule has 0 aliphatic heterocycles. The average molecular weight is 283 g/mol. The van der Waals surface area contributed by atoms with E-state index in [9.17, 15) is 4.79 Å². The summed E-state index contributed by atoms with van der Waals surface area (Å²) in [5.41, 5.74) is 4.53. The third kappa shape index (κ3) is 4.35. The molecule has 2 aromatic carbocycles. The highest BCUT2D eigenvalue weighted by atomic mass is 16.5. The fourth-order valence-corrected chi connectivity index (χ4v) is 2.23. The van der Waals surface area contributed by atoms with Crippen LogP contribution < -0.4 is 5.32 Å². The Kier molecular flexibility index (Phi) is 5.38. The van der Waals surface area contributed by atoms with E-state index in [-0.39, 0.29) is 5.97 Å². The van der Waals surface area contributed by atoms with Gasteiger partial charge in [-0.05, 0) is 35.2 Å². The number of hydrogen-bond acceptors (Lipinski definition) is 3. The molecule has 0 spiro atoms. The number of ether oxygens (including phenoxy) is 1. The van der Waals surface area contributed by atoms with Crippen molar-refractivity contribution in [2.75, 3.05) is 12.4 Å². The molecule has 2 rings (SSSR count). The second-order valence-corrected chi connectivity index (χ2v) is 4.93. The summed E-state index contributed by atoms with van der Waals surface area (Å²) in [6, 6.07) is 16.3. The highest BCUT2D eigenvalue weighted by Gasteiger charge is 2.07. The van der Waals surface area contributed by atoms with E-state index in [2.05, 4.69) is 36.5 Å². The minimum absolute atomic E-state index is 0.213. The summed E-state index contributed by atoms with van der Waals surface area (Å²) in [5.74, 6) is -0.213. The number of benzene rings is 2. The SMILES string of the molecule is CCc1cccc(NCc2ccccc2CC(=O)OC)c1. The lowest BCUT2D eigenvalue weighted by Gasteiger charge is -2.11. The Morgan fingerprint density at radius 2 is 1.86 bits per heavy atom. The van der Waals surface area contributed by atoms with Crippen molar-refractivity contribution in [3.05, 3.63) is 65.2 Å².